The summed E-state index contributed by atoms with van der Waals surface area (Å²) in [4.78, 5) is 7.79. The van der Waals surface area contributed by atoms with E-state index in [0.717, 1.165) is 22.6 Å². The Labute approximate surface area is 102 Å². The number of nitrogens with zero attached hydrogens (tertiary/aromatic N) is 1. The lowest BCUT2D eigenvalue weighted by Gasteiger charge is -2.15. The molecule has 1 aromatic heterocycles. The summed E-state index contributed by atoms with van der Waals surface area (Å²) in [5, 5.41) is 0. The molecule has 0 fully saturated rings. The number of hydrogen-bond acceptors (Lipinski definition) is 2. The number of aromatic nitrogens is 2. The summed E-state index contributed by atoms with van der Waals surface area (Å²) in [5.41, 5.74) is 9.06. The van der Waals surface area contributed by atoms with Crippen molar-refractivity contribution in [2.45, 2.75) is 32.7 Å². The molecule has 0 aliphatic heterocycles. The zero-order valence-electron chi connectivity index (χ0n) is 10.6. The number of imidazole rings is 1. The Kier molecular flexibility index (Phi) is 3.03. The van der Waals surface area contributed by atoms with Crippen molar-refractivity contribution < 1.29 is 0 Å². The zero-order chi connectivity index (χ0) is 12.5. The summed E-state index contributed by atoms with van der Waals surface area (Å²) < 4.78 is 0. The van der Waals surface area contributed by atoms with Gasteiger partial charge in [0.15, 0.2) is 0 Å². The molecule has 0 amide bonds. The van der Waals surface area contributed by atoms with Gasteiger partial charge in [-0.2, -0.15) is 0 Å². The number of benzene rings is 1. The SMILES string of the molecule is CC(C)(C)c1cnc(-c2ccc(CN)cc2)[nH]1. The average molecular weight is 229 g/mol. The molecule has 2 rings (SSSR count). The summed E-state index contributed by atoms with van der Waals surface area (Å²) in [6.45, 7) is 7.08. The Morgan fingerprint density at radius 1 is 1.18 bits per heavy atom. The maximum Gasteiger partial charge on any atom is 0.137 e. The van der Waals surface area contributed by atoms with Crippen molar-refractivity contribution in [2.24, 2.45) is 5.73 Å². The van der Waals surface area contributed by atoms with Crippen LogP contribution in [-0.4, -0.2) is 9.97 Å². The van der Waals surface area contributed by atoms with Gasteiger partial charge in [-0.25, -0.2) is 4.98 Å². The van der Waals surface area contributed by atoms with Gasteiger partial charge < -0.3 is 10.7 Å². The lowest BCUT2D eigenvalue weighted by Crippen LogP contribution is -2.11. The van der Waals surface area contributed by atoms with Gasteiger partial charge in [-0.05, 0) is 5.56 Å². The number of nitrogens with two attached hydrogens (primary N) is 1. The van der Waals surface area contributed by atoms with Crippen molar-refractivity contribution in [3.8, 4) is 11.4 Å². The summed E-state index contributed by atoms with van der Waals surface area (Å²) in [6.07, 6.45) is 1.91. The normalized spacial score (nSPS) is 11.8. The first-order valence-corrected chi connectivity index (χ1v) is 5.85. The van der Waals surface area contributed by atoms with E-state index in [0.29, 0.717) is 6.54 Å². The third-order valence-corrected chi connectivity index (χ3v) is 2.85. The highest BCUT2D eigenvalue weighted by molar-refractivity contribution is 5.55. The van der Waals surface area contributed by atoms with Crippen LogP contribution in [0.3, 0.4) is 0 Å². The number of aromatic amines is 1. The summed E-state index contributed by atoms with van der Waals surface area (Å²) in [7, 11) is 0. The van der Waals surface area contributed by atoms with Crippen LogP contribution >= 0.6 is 0 Å². The van der Waals surface area contributed by atoms with Crippen LogP contribution in [0.15, 0.2) is 30.5 Å². The number of rotatable bonds is 2. The molecule has 17 heavy (non-hydrogen) atoms. The van der Waals surface area contributed by atoms with E-state index in [1.165, 1.54) is 0 Å². The van der Waals surface area contributed by atoms with Gasteiger partial charge in [0.25, 0.3) is 0 Å². The highest BCUT2D eigenvalue weighted by Gasteiger charge is 2.16. The maximum absolute atomic E-state index is 5.58. The highest BCUT2D eigenvalue weighted by Crippen LogP contribution is 2.23. The van der Waals surface area contributed by atoms with Gasteiger partial charge in [0, 0.05) is 29.4 Å². The second-order valence-corrected chi connectivity index (χ2v) is 5.30. The van der Waals surface area contributed by atoms with Crippen molar-refractivity contribution in [3.63, 3.8) is 0 Å². The molecule has 0 atom stereocenters. The molecule has 0 radical (unpaired) electrons. The quantitative estimate of drug-likeness (QED) is 0.832. The molecule has 0 unspecified atom stereocenters. The topological polar surface area (TPSA) is 54.7 Å². The van der Waals surface area contributed by atoms with Gasteiger partial charge in [0.1, 0.15) is 5.82 Å². The van der Waals surface area contributed by atoms with E-state index >= 15 is 0 Å². The second kappa shape index (κ2) is 4.34. The average Bonchev–Trinajstić information content (AvgIpc) is 2.78. The molecular formula is C14H19N3. The van der Waals surface area contributed by atoms with E-state index < -0.39 is 0 Å². The fourth-order valence-corrected chi connectivity index (χ4v) is 1.65. The summed E-state index contributed by atoms with van der Waals surface area (Å²) in [5.74, 6) is 0.915. The Hall–Kier alpha value is -1.61. The minimum absolute atomic E-state index is 0.0997. The van der Waals surface area contributed by atoms with E-state index in [1.54, 1.807) is 0 Å². The van der Waals surface area contributed by atoms with Crippen LogP contribution in [0, 0.1) is 0 Å². The molecule has 0 aliphatic rings. The van der Waals surface area contributed by atoms with Crippen molar-refractivity contribution in [2.75, 3.05) is 0 Å². The van der Waals surface area contributed by atoms with Gasteiger partial charge >= 0.3 is 0 Å². The highest BCUT2D eigenvalue weighted by atomic mass is 14.9. The van der Waals surface area contributed by atoms with Crippen molar-refractivity contribution in [1.29, 1.82) is 0 Å². The van der Waals surface area contributed by atoms with E-state index in [1.807, 2.05) is 30.5 Å². The largest absolute Gasteiger partial charge is 0.341 e. The Morgan fingerprint density at radius 2 is 1.82 bits per heavy atom. The van der Waals surface area contributed by atoms with E-state index in [2.05, 4.69) is 30.7 Å². The molecule has 3 N–H and O–H groups in total. The van der Waals surface area contributed by atoms with Crippen LogP contribution in [0.4, 0.5) is 0 Å². The smallest absolute Gasteiger partial charge is 0.137 e. The second-order valence-electron chi connectivity index (χ2n) is 5.30. The van der Waals surface area contributed by atoms with Crippen molar-refractivity contribution >= 4 is 0 Å². The molecule has 3 nitrogen and oxygen atoms in total. The fraction of sp³-hybridized carbons (Fsp3) is 0.357. The lowest BCUT2D eigenvalue weighted by atomic mass is 9.93. The molecule has 0 spiro atoms. The van der Waals surface area contributed by atoms with Gasteiger partial charge in [0.05, 0.1) is 0 Å². The molecule has 0 saturated heterocycles. The van der Waals surface area contributed by atoms with E-state index in [9.17, 15) is 0 Å². The van der Waals surface area contributed by atoms with Gasteiger partial charge in [0.2, 0.25) is 0 Å². The van der Waals surface area contributed by atoms with Crippen LogP contribution in [0.5, 0.6) is 0 Å². The molecule has 90 valence electrons. The third kappa shape index (κ3) is 2.56. The first-order chi connectivity index (χ1) is 8.00. The molecule has 3 heteroatoms. The first kappa shape index (κ1) is 11.9. The Bertz CT molecular complexity index is 489. The van der Waals surface area contributed by atoms with Crippen LogP contribution in [-0.2, 0) is 12.0 Å². The van der Waals surface area contributed by atoms with Crippen LogP contribution in [0.1, 0.15) is 32.0 Å². The van der Waals surface area contributed by atoms with E-state index in [-0.39, 0.29) is 5.41 Å². The van der Waals surface area contributed by atoms with Gasteiger partial charge in [-0.15, -0.1) is 0 Å². The Balaban J connectivity index is 2.30. The maximum atomic E-state index is 5.58. The molecule has 0 aliphatic carbocycles. The standard InChI is InChI=1S/C14H19N3/c1-14(2,3)12-9-16-13(17-12)11-6-4-10(8-15)5-7-11/h4-7,9H,8,15H2,1-3H3,(H,16,17). The van der Waals surface area contributed by atoms with Crippen LogP contribution < -0.4 is 5.73 Å². The van der Waals surface area contributed by atoms with Crippen molar-refractivity contribution in [3.05, 3.63) is 41.7 Å². The summed E-state index contributed by atoms with van der Waals surface area (Å²) >= 11 is 0. The Morgan fingerprint density at radius 3 is 2.29 bits per heavy atom. The molecule has 1 heterocycles. The number of nitrogens with one attached hydrogen (secondary N) is 1. The first-order valence-electron chi connectivity index (χ1n) is 5.85. The minimum atomic E-state index is 0.0997. The monoisotopic (exact) mass is 229 g/mol. The van der Waals surface area contributed by atoms with Crippen molar-refractivity contribution in [1.82, 2.24) is 9.97 Å². The van der Waals surface area contributed by atoms with Crippen LogP contribution in [0.25, 0.3) is 11.4 Å². The van der Waals surface area contributed by atoms with Crippen LogP contribution in [0.2, 0.25) is 0 Å². The minimum Gasteiger partial charge on any atom is -0.341 e. The molecular weight excluding hydrogens is 210 g/mol. The van der Waals surface area contributed by atoms with Gasteiger partial charge in [-0.1, -0.05) is 45.0 Å². The van der Waals surface area contributed by atoms with E-state index in [4.69, 9.17) is 5.73 Å². The predicted octanol–water partition coefficient (Wildman–Crippen LogP) is 2.83. The molecule has 0 saturated carbocycles. The molecule has 1 aromatic carbocycles. The zero-order valence-corrected chi connectivity index (χ0v) is 10.6. The number of H-pyrrole nitrogens is 1. The number of hydrogen-bond donors (Lipinski definition) is 2. The molecule has 2 aromatic rings. The predicted molar refractivity (Wildman–Crippen MR) is 70.6 cm³/mol. The third-order valence-electron chi connectivity index (χ3n) is 2.85. The van der Waals surface area contributed by atoms with Gasteiger partial charge in [-0.3, -0.25) is 0 Å². The molecule has 0 bridgehead atoms. The summed E-state index contributed by atoms with van der Waals surface area (Å²) in [6, 6.07) is 8.17. The lowest BCUT2D eigenvalue weighted by molar-refractivity contribution is 0.573. The fourth-order valence-electron chi connectivity index (χ4n) is 1.65.